The quantitative estimate of drug-likeness (QED) is 0.638. The molecule has 0 unspecified atom stereocenters. The Morgan fingerprint density at radius 3 is 2.45 bits per heavy atom. The first-order valence-corrected chi connectivity index (χ1v) is 10.4. The number of benzene rings is 2. The van der Waals surface area contributed by atoms with Gasteiger partial charge in [-0.05, 0) is 33.6 Å². The van der Waals surface area contributed by atoms with E-state index in [-0.39, 0.29) is 5.91 Å². The molecular formula is C22H22BrN5O. The van der Waals surface area contributed by atoms with Crippen LogP contribution in [0, 0.1) is 0 Å². The summed E-state index contributed by atoms with van der Waals surface area (Å²) in [4.78, 5) is 25.8. The van der Waals surface area contributed by atoms with Crippen molar-refractivity contribution in [2.24, 2.45) is 0 Å². The van der Waals surface area contributed by atoms with Crippen LogP contribution in [0.4, 0.5) is 11.6 Å². The van der Waals surface area contributed by atoms with Crippen LogP contribution in [0.1, 0.15) is 15.9 Å². The predicted molar refractivity (Wildman–Crippen MR) is 118 cm³/mol. The Morgan fingerprint density at radius 2 is 1.69 bits per heavy atom. The number of hydrogen-bond donors (Lipinski definition) is 1. The van der Waals surface area contributed by atoms with Crippen LogP contribution in [0.2, 0.25) is 0 Å². The van der Waals surface area contributed by atoms with Crippen molar-refractivity contribution in [1.82, 2.24) is 14.9 Å². The standard InChI is InChI=1S/C22H22BrN5O/c23-19-9-5-4-8-18(19)22(29)26-20-14-21(25-16-24-20)28-12-10-27(11-13-28)15-17-6-2-1-3-7-17/h1-9,14,16H,10-13,15H2,(H,24,25,26,29). The Kier molecular flexibility index (Phi) is 6.17. The smallest absolute Gasteiger partial charge is 0.257 e. The highest BCUT2D eigenvalue weighted by Crippen LogP contribution is 2.20. The topological polar surface area (TPSA) is 61.4 Å². The average molecular weight is 452 g/mol. The van der Waals surface area contributed by atoms with Gasteiger partial charge in [-0.15, -0.1) is 0 Å². The van der Waals surface area contributed by atoms with Crippen LogP contribution in [0.25, 0.3) is 0 Å². The van der Waals surface area contributed by atoms with Crippen molar-refractivity contribution in [2.75, 3.05) is 36.4 Å². The summed E-state index contributed by atoms with van der Waals surface area (Å²) in [7, 11) is 0. The highest BCUT2D eigenvalue weighted by molar-refractivity contribution is 9.10. The van der Waals surface area contributed by atoms with Crippen LogP contribution >= 0.6 is 15.9 Å². The first kappa shape index (κ1) is 19.5. The van der Waals surface area contributed by atoms with Gasteiger partial charge in [-0.25, -0.2) is 9.97 Å². The zero-order valence-corrected chi connectivity index (χ0v) is 17.5. The number of nitrogens with zero attached hydrogens (tertiary/aromatic N) is 4. The van der Waals surface area contributed by atoms with Gasteiger partial charge in [0, 0.05) is 43.3 Å². The SMILES string of the molecule is O=C(Nc1cc(N2CCN(Cc3ccccc3)CC2)ncn1)c1ccccc1Br. The molecule has 1 aromatic heterocycles. The van der Waals surface area contributed by atoms with Gasteiger partial charge in [0.2, 0.25) is 0 Å². The molecule has 1 aliphatic heterocycles. The molecule has 29 heavy (non-hydrogen) atoms. The molecule has 1 aliphatic rings. The highest BCUT2D eigenvalue weighted by Gasteiger charge is 2.19. The minimum atomic E-state index is -0.199. The molecule has 4 rings (SSSR count). The fraction of sp³-hybridized carbons (Fsp3) is 0.227. The Balaban J connectivity index is 1.37. The van der Waals surface area contributed by atoms with Gasteiger partial charge in [0.05, 0.1) is 5.56 Å². The van der Waals surface area contributed by atoms with Crippen molar-refractivity contribution >= 4 is 33.5 Å². The third-order valence-corrected chi connectivity index (χ3v) is 5.65. The van der Waals surface area contributed by atoms with Crippen LogP contribution in [0.3, 0.4) is 0 Å². The minimum Gasteiger partial charge on any atom is -0.354 e. The number of piperazine rings is 1. The van der Waals surface area contributed by atoms with E-state index in [0.717, 1.165) is 43.0 Å². The van der Waals surface area contributed by atoms with E-state index in [2.05, 4.69) is 65.3 Å². The van der Waals surface area contributed by atoms with Crippen LogP contribution < -0.4 is 10.2 Å². The summed E-state index contributed by atoms with van der Waals surface area (Å²) in [5.74, 6) is 1.14. The molecule has 0 aliphatic carbocycles. The Bertz CT molecular complexity index is 974. The Labute approximate surface area is 178 Å². The second-order valence-electron chi connectivity index (χ2n) is 6.94. The number of hydrogen-bond acceptors (Lipinski definition) is 5. The number of amides is 1. The van der Waals surface area contributed by atoms with Gasteiger partial charge in [-0.2, -0.15) is 0 Å². The Morgan fingerprint density at radius 1 is 0.966 bits per heavy atom. The van der Waals surface area contributed by atoms with E-state index in [9.17, 15) is 4.79 Å². The molecule has 3 aromatic rings. The van der Waals surface area contributed by atoms with Crippen molar-refractivity contribution < 1.29 is 4.79 Å². The van der Waals surface area contributed by atoms with Gasteiger partial charge in [-0.3, -0.25) is 9.69 Å². The van der Waals surface area contributed by atoms with E-state index in [1.54, 1.807) is 6.07 Å². The summed E-state index contributed by atoms with van der Waals surface area (Å²) in [6.07, 6.45) is 1.50. The van der Waals surface area contributed by atoms with Gasteiger partial charge >= 0.3 is 0 Å². The fourth-order valence-electron chi connectivity index (χ4n) is 3.39. The molecule has 0 saturated carbocycles. The lowest BCUT2D eigenvalue weighted by Gasteiger charge is -2.35. The van der Waals surface area contributed by atoms with Gasteiger partial charge in [0.15, 0.2) is 0 Å². The van der Waals surface area contributed by atoms with Crippen LogP contribution in [-0.4, -0.2) is 47.0 Å². The van der Waals surface area contributed by atoms with E-state index in [1.807, 2.05) is 30.3 Å². The largest absolute Gasteiger partial charge is 0.354 e. The zero-order chi connectivity index (χ0) is 20.1. The first-order chi connectivity index (χ1) is 14.2. The molecule has 2 heterocycles. The number of nitrogens with one attached hydrogen (secondary N) is 1. The third kappa shape index (κ3) is 4.99. The molecule has 0 spiro atoms. The number of halogens is 1. The average Bonchev–Trinajstić information content (AvgIpc) is 2.75. The molecule has 1 N–H and O–H groups in total. The van der Waals surface area contributed by atoms with Crippen molar-refractivity contribution in [1.29, 1.82) is 0 Å². The van der Waals surface area contributed by atoms with Gasteiger partial charge < -0.3 is 10.2 Å². The van der Waals surface area contributed by atoms with E-state index < -0.39 is 0 Å². The Hall–Kier alpha value is -2.77. The van der Waals surface area contributed by atoms with E-state index >= 15 is 0 Å². The van der Waals surface area contributed by atoms with E-state index in [1.165, 1.54) is 11.9 Å². The van der Waals surface area contributed by atoms with Gasteiger partial charge in [-0.1, -0.05) is 42.5 Å². The molecule has 1 saturated heterocycles. The number of carbonyl (C=O) groups is 1. The lowest BCUT2D eigenvalue weighted by atomic mass is 10.2. The first-order valence-electron chi connectivity index (χ1n) is 9.58. The molecule has 1 amide bonds. The molecule has 2 aromatic carbocycles. The normalized spacial score (nSPS) is 14.6. The fourth-order valence-corrected chi connectivity index (χ4v) is 3.86. The summed E-state index contributed by atoms with van der Waals surface area (Å²) in [6, 6.07) is 19.7. The lowest BCUT2D eigenvalue weighted by Crippen LogP contribution is -2.46. The summed E-state index contributed by atoms with van der Waals surface area (Å²) >= 11 is 3.41. The maximum absolute atomic E-state index is 12.5. The number of rotatable bonds is 5. The molecule has 0 bridgehead atoms. The third-order valence-electron chi connectivity index (χ3n) is 4.96. The molecule has 7 heteroatoms. The van der Waals surface area contributed by atoms with Crippen molar-refractivity contribution in [2.45, 2.75) is 6.54 Å². The number of anilines is 2. The van der Waals surface area contributed by atoms with Crippen LogP contribution in [-0.2, 0) is 6.54 Å². The second-order valence-corrected chi connectivity index (χ2v) is 7.80. The van der Waals surface area contributed by atoms with Crippen LogP contribution in [0.5, 0.6) is 0 Å². The maximum atomic E-state index is 12.5. The molecule has 6 nitrogen and oxygen atoms in total. The van der Waals surface area contributed by atoms with Crippen molar-refractivity contribution in [3.05, 3.63) is 82.6 Å². The molecule has 0 atom stereocenters. The van der Waals surface area contributed by atoms with Crippen molar-refractivity contribution in [3.63, 3.8) is 0 Å². The number of carbonyl (C=O) groups excluding carboxylic acids is 1. The maximum Gasteiger partial charge on any atom is 0.257 e. The van der Waals surface area contributed by atoms with E-state index in [0.29, 0.717) is 11.4 Å². The number of aromatic nitrogens is 2. The predicted octanol–water partition coefficient (Wildman–Crippen LogP) is 3.81. The molecule has 0 radical (unpaired) electrons. The monoisotopic (exact) mass is 451 g/mol. The second kappa shape index (κ2) is 9.15. The van der Waals surface area contributed by atoms with Crippen LogP contribution in [0.15, 0.2) is 71.5 Å². The zero-order valence-electron chi connectivity index (χ0n) is 16.0. The summed E-state index contributed by atoms with van der Waals surface area (Å²) in [6.45, 7) is 4.68. The minimum absolute atomic E-state index is 0.199. The lowest BCUT2D eigenvalue weighted by molar-refractivity contribution is 0.102. The molecule has 1 fully saturated rings. The van der Waals surface area contributed by atoms with Gasteiger partial charge in [0.1, 0.15) is 18.0 Å². The summed E-state index contributed by atoms with van der Waals surface area (Å²) in [5, 5.41) is 2.86. The highest BCUT2D eigenvalue weighted by atomic mass is 79.9. The van der Waals surface area contributed by atoms with Crippen molar-refractivity contribution in [3.8, 4) is 0 Å². The van der Waals surface area contributed by atoms with E-state index in [4.69, 9.17) is 0 Å². The summed E-state index contributed by atoms with van der Waals surface area (Å²) in [5.41, 5.74) is 1.90. The molecule has 148 valence electrons. The van der Waals surface area contributed by atoms with Gasteiger partial charge in [0.25, 0.3) is 5.91 Å². The molecular weight excluding hydrogens is 430 g/mol. The summed E-state index contributed by atoms with van der Waals surface area (Å²) < 4.78 is 0.751.